The highest BCUT2D eigenvalue weighted by Crippen LogP contribution is 2.29. The molecule has 1 aromatic heterocycles. The monoisotopic (exact) mass is 313 g/mol. The highest BCUT2D eigenvalue weighted by Gasteiger charge is 2.10. The van der Waals surface area contributed by atoms with Gasteiger partial charge in [0.1, 0.15) is 0 Å². The van der Waals surface area contributed by atoms with Gasteiger partial charge in [-0.1, -0.05) is 41.9 Å². The van der Waals surface area contributed by atoms with Crippen LogP contribution in [0.3, 0.4) is 0 Å². The fourth-order valence-electron chi connectivity index (χ4n) is 2.04. The number of aromatic amines is 1. The maximum Gasteiger partial charge on any atom is 0.417 e. The molecule has 0 saturated heterocycles. The molecule has 0 aliphatic carbocycles. The molecule has 22 heavy (non-hydrogen) atoms. The van der Waals surface area contributed by atoms with Crippen molar-refractivity contribution in [1.82, 2.24) is 10.2 Å². The van der Waals surface area contributed by atoms with Crippen LogP contribution in [-0.4, -0.2) is 16.3 Å². The minimum absolute atomic E-state index is 0.345. The Hall–Kier alpha value is -2.79. The smallest absolute Gasteiger partial charge is 0.407 e. The molecule has 0 fully saturated rings. The van der Waals surface area contributed by atoms with Gasteiger partial charge in [0.2, 0.25) is 0 Å². The molecule has 5 nitrogen and oxygen atoms in total. The Labute approximate surface area is 131 Å². The number of carbonyl (C=O) groups is 1. The van der Waals surface area contributed by atoms with Crippen molar-refractivity contribution < 1.29 is 9.53 Å². The van der Waals surface area contributed by atoms with E-state index in [1.54, 1.807) is 12.1 Å². The number of para-hydroxylation sites is 1. The summed E-state index contributed by atoms with van der Waals surface area (Å²) in [6.07, 6.45) is 2.32. The topological polar surface area (TPSA) is 67.0 Å². The zero-order valence-electron chi connectivity index (χ0n) is 11.4. The summed E-state index contributed by atoms with van der Waals surface area (Å²) in [5, 5.41) is 9.64. The molecular weight excluding hydrogens is 302 g/mol. The van der Waals surface area contributed by atoms with Crippen LogP contribution in [0, 0.1) is 0 Å². The molecule has 0 spiro atoms. The number of aromatic nitrogens is 2. The van der Waals surface area contributed by atoms with Crippen LogP contribution in [0.4, 0.5) is 10.5 Å². The van der Waals surface area contributed by atoms with E-state index in [4.69, 9.17) is 16.3 Å². The second-order valence-electron chi connectivity index (χ2n) is 4.50. The van der Waals surface area contributed by atoms with Gasteiger partial charge in [-0.3, -0.25) is 10.4 Å². The summed E-state index contributed by atoms with van der Waals surface area (Å²) in [5.41, 5.74) is 2.40. The summed E-state index contributed by atoms with van der Waals surface area (Å²) in [6.45, 7) is 0. The molecule has 110 valence electrons. The first kappa shape index (κ1) is 14.2. The van der Waals surface area contributed by atoms with Crippen molar-refractivity contribution in [3.8, 4) is 16.9 Å². The molecule has 0 atom stereocenters. The quantitative estimate of drug-likeness (QED) is 0.755. The van der Waals surface area contributed by atoms with Crippen LogP contribution in [0.15, 0.2) is 60.9 Å². The van der Waals surface area contributed by atoms with Crippen molar-refractivity contribution in [2.45, 2.75) is 0 Å². The first-order chi connectivity index (χ1) is 10.7. The van der Waals surface area contributed by atoms with Crippen LogP contribution < -0.4 is 10.1 Å². The summed E-state index contributed by atoms with van der Waals surface area (Å²) in [4.78, 5) is 11.9. The van der Waals surface area contributed by atoms with Crippen LogP contribution >= 0.6 is 11.6 Å². The molecule has 0 radical (unpaired) electrons. The minimum atomic E-state index is -0.587. The second kappa shape index (κ2) is 6.32. The number of benzene rings is 2. The minimum Gasteiger partial charge on any atom is -0.407 e. The number of hydrogen-bond donors (Lipinski definition) is 2. The molecule has 2 aromatic carbocycles. The van der Waals surface area contributed by atoms with Gasteiger partial charge < -0.3 is 4.74 Å². The van der Waals surface area contributed by atoms with Crippen molar-refractivity contribution >= 4 is 23.4 Å². The van der Waals surface area contributed by atoms with Gasteiger partial charge in [-0.2, -0.15) is 5.10 Å². The standard InChI is InChI=1S/C16H12ClN3O2/c17-12-5-3-4-11(8-12)14-6-1-2-7-15(14)20-16(21)22-13-9-18-19-10-13/h1-10H,(H,18,19)(H,20,21). The van der Waals surface area contributed by atoms with Crippen molar-refractivity contribution in [2.24, 2.45) is 0 Å². The van der Waals surface area contributed by atoms with Gasteiger partial charge >= 0.3 is 6.09 Å². The molecule has 2 N–H and O–H groups in total. The lowest BCUT2D eigenvalue weighted by Crippen LogP contribution is -2.16. The second-order valence-corrected chi connectivity index (χ2v) is 4.94. The zero-order valence-corrected chi connectivity index (χ0v) is 12.2. The van der Waals surface area contributed by atoms with Crippen molar-refractivity contribution in [1.29, 1.82) is 0 Å². The number of halogens is 1. The molecule has 1 amide bonds. The van der Waals surface area contributed by atoms with E-state index in [0.717, 1.165) is 11.1 Å². The average Bonchev–Trinajstić information content (AvgIpc) is 3.00. The van der Waals surface area contributed by atoms with Gasteiger partial charge in [0, 0.05) is 10.6 Å². The average molecular weight is 314 g/mol. The fourth-order valence-corrected chi connectivity index (χ4v) is 2.23. The number of carbonyl (C=O) groups excluding carboxylic acids is 1. The number of amides is 1. The Kier molecular flexibility index (Phi) is 4.07. The van der Waals surface area contributed by atoms with E-state index in [2.05, 4.69) is 15.5 Å². The summed E-state index contributed by atoms with van der Waals surface area (Å²) in [5.74, 6) is 0.345. The van der Waals surface area contributed by atoms with Gasteiger partial charge in [-0.25, -0.2) is 4.79 Å². The summed E-state index contributed by atoms with van der Waals surface area (Å²) in [6, 6.07) is 14.8. The maximum absolute atomic E-state index is 11.9. The Balaban J connectivity index is 1.84. The van der Waals surface area contributed by atoms with Gasteiger partial charge in [0.25, 0.3) is 0 Å². The van der Waals surface area contributed by atoms with Gasteiger partial charge in [0.15, 0.2) is 5.75 Å². The van der Waals surface area contributed by atoms with Crippen LogP contribution in [0.1, 0.15) is 0 Å². The fraction of sp³-hybridized carbons (Fsp3) is 0. The number of H-pyrrole nitrogens is 1. The number of nitrogens with one attached hydrogen (secondary N) is 2. The molecule has 6 heteroatoms. The number of anilines is 1. The molecule has 0 saturated carbocycles. The number of hydrogen-bond acceptors (Lipinski definition) is 3. The highest BCUT2D eigenvalue weighted by atomic mass is 35.5. The Morgan fingerprint density at radius 1 is 1.18 bits per heavy atom. The maximum atomic E-state index is 11.9. The third-order valence-electron chi connectivity index (χ3n) is 2.98. The van der Waals surface area contributed by atoms with Gasteiger partial charge in [0.05, 0.1) is 18.1 Å². The van der Waals surface area contributed by atoms with Gasteiger partial charge in [-0.05, 0) is 23.8 Å². The first-order valence-electron chi connectivity index (χ1n) is 6.55. The van der Waals surface area contributed by atoms with Crippen molar-refractivity contribution in [3.05, 3.63) is 65.9 Å². The van der Waals surface area contributed by atoms with E-state index in [-0.39, 0.29) is 0 Å². The molecule has 0 aliphatic rings. The number of ether oxygens (including phenoxy) is 1. The van der Waals surface area contributed by atoms with E-state index >= 15 is 0 Å². The third-order valence-corrected chi connectivity index (χ3v) is 3.22. The van der Waals surface area contributed by atoms with Gasteiger partial charge in [-0.15, -0.1) is 0 Å². The van der Waals surface area contributed by atoms with Crippen molar-refractivity contribution in [2.75, 3.05) is 5.32 Å². The van der Waals surface area contributed by atoms with Crippen LogP contribution in [0.5, 0.6) is 5.75 Å². The predicted octanol–water partition coefficient (Wildman–Crippen LogP) is 4.34. The Morgan fingerprint density at radius 2 is 2.05 bits per heavy atom. The van der Waals surface area contributed by atoms with E-state index in [9.17, 15) is 4.79 Å². The predicted molar refractivity (Wildman–Crippen MR) is 85.1 cm³/mol. The Morgan fingerprint density at radius 3 is 2.82 bits per heavy atom. The summed E-state index contributed by atoms with van der Waals surface area (Å²) >= 11 is 6.03. The molecular formula is C16H12ClN3O2. The molecule has 3 aromatic rings. The van der Waals surface area contributed by atoms with E-state index in [1.165, 1.54) is 12.4 Å². The molecule has 0 aliphatic heterocycles. The molecule has 0 unspecified atom stereocenters. The molecule has 1 heterocycles. The van der Waals surface area contributed by atoms with Crippen LogP contribution in [0.25, 0.3) is 11.1 Å². The summed E-state index contributed by atoms with van der Waals surface area (Å²) in [7, 11) is 0. The van der Waals surface area contributed by atoms with Crippen LogP contribution in [0.2, 0.25) is 5.02 Å². The lowest BCUT2D eigenvalue weighted by molar-refractivity contribution is 0.215. The van der Waals surface area contributed by atoms with Crippen molar-refractivity contribution in [3.63, 3.8) is 0 Å². The van der Waals surface area contributed by atoms with Crippen LogP contribution in [-0.2, 0) is 0 Å². The highest BCUT2D eigenvalue weighted by molar-refractivity contribution is 6.30. The largest absolute Gasteiger partial charge is 0.417 e. The molecule has 0 bridgehead atoms. The van der Waals surface area contributed by atoms with E-state index in [1.807, 2.05) is 36.4 Å². The Bertz CT molecular complexity index is 788. The van der Waals surface area contributed by atoms with E-state index < -0.39 is 6.09 Å². The first-order valence-corrected chi connectivity index (χ1v) is 6.93. The summed E-state index contributed by atoms with van der Waals surface area (Å²) < 4.78 is 5.10. The number of rotatable bonds is 3. The normalized spacial score (nSPS) is 10.2. The molecule has 3 rings (SSSR count). The lowest BCUT2D eigenvalue weighted by Gasteiger charge is -2.11. The zero-order chi connectivity index (χ0) is 15.4. The third kappa shape index (κ3) is 3.27. The van der Waals surface area contributed by atoms with E-state index in [0.29, 0.717) is 16.5 Å². The lowest BCUT2D eigenvalue weighted by atomic mass is 10.0. The number of nitrogens with zero attached hydrogens (tertiary/aromatic N) is 1. The SMILES string of the molecule is O=C(Nc1ccccc1-c1cccc(Cl)c1)Oc1cn[nH]c1.